The Morgan fingerprint density at radius 3 is 2.83 bits per heavy atom. The van der Waals surface area contributed by atoms with E-state index in [1.807, 2.05) is 0 Å². The predicted octanol–water partition coefficient (Wildman–Crippen LogP) is 2.41. The van der Waals surface area contributed by atoms with E-state index in [0.29, 0.717) is 16.9 Å². The lowest BCUT2D eigenvalue weighted by Gasteiger charge is -2.11. The minimum atomic E-state index is -0.414. The van der Waals surface area contributed by atoms with Crippen LogP contribution in [0.15, 0.2) is 15.1 Å². The number of ether oxygens (including phenoxy) is 1. The number of methoxy groups -OCH3 is 1. The number of halogens is 2. The van der Waals surface area contributed by atoms with E-state index in [4.69, 9.17) is 15.0 Å². The molecule has 0 saturated heterocycles. The molecule has 0 bridgehead atoms. The second-order valence-corrected chi connectivity index (χ2v) is 4.41. The van der Waals surface area contributed by atoms with E-state index >= 15 is 0 Å². The van der Waals surface area contributed by atoms with E-state index in [1.165, 1.54) is 13.2 Å². The van der Waals surface area contributed by atoms with E-state index in [9.17, 15) is 4.39 Å². The van der Waals surface area contributed by atoms with Gasteiger partial charge in [-0.05, 0) is 34.5 Å². The summed E-state index contributed by atoms with van der Waals surface area (Å²) >= 11 is 3.17. The van der Waals surface area contributed by atoms with Gasteiger partial charge in [0.25, 0.3) is 0 Å². The van der Waals surface area contributed by atoms with Gasteiger partial charge in [-0.25, -0.2) is 4.39 Å². The summed E-state index contributed by atoms with van der Waals surface area (Å²) in [6.45, 7) is 1.86. The zero-order valence-corrected chi connectivity index (χ0v) is 11.4. The first-order valence-corrected chi connectivity index (χ1v) is 5.93. The fraction of sp³-hybridized carbons (Fsp3) is 0.273. The third-order valence-corrected chi connectivity index (χ3v) is 3.20. The maximum atomic E-state index is 13.7. The highest BCUT2D eigenvalue weighted by Crippen LogP contribution is 2.39. The molecule has 1 heterocycles. The summed E-state index contributed by atoms with van der Waals surface area (Å²) in [6.07, 6.45) is 0. The Bertz CT molecular complexity index is 586. The molecule has 5 nitrogen and oxygen atoms in total. The van der Waals surface area contributed by atoms with Crippen molar-refractivity contribution in [3.63, 3.8) is 0 Å². The van der Waals surface area contributed by atoms with Crippen molar-refractivity contribution in [2.24, 2.45) is 5.73 Å². The lowest BCUT2D eigenvalue weighted by Crippen LogP contribution is -1.98. The number of nitrogens with two attached hydrogens (primary N) is 1. The molecule has 18 heavy (non-hydrogen) atoms. The average molecular weight is 316 g/mol. The van der Waals surface area contributed by atoms with Gasteiger partial charge in [0.05, 0.1) is 23.7 Å². The summed E-state index contributed by atoms with van der Waals surface area (Å²) in [5.41, 5.74) is 6.46. The third-order valence-electron chi connectivity index (χ3n) is 2.43. The Labute approximate surface area is 111 Å². The predicted molar refractivity (Wildman–Crippen MR) is 66.6 cm³/mol. The van der Waals surface area contributed by atoms with Crippen LogP contribution in [-0.2, 0) is 6.54 Å². The van der Waals surface area contributed by atoms with Crippen molar-refractivity contribution in [1.82, 2.24) is 10.1 Å². The van der Waals surface area contributed by atoms with Gasteiger partial charge in [0, 0.05) is 0 Å². The maximum Gasteiger partial charge on any atom is 0.240 e. The molecule has 0 amide bonds. The van der Waals surface area contributed by atoms with Gasteiger partial charge in [0.1, 0.15) is 11.6 Å². The lowest BCUT2D eigenvalue weighted by molar-refractivity contribution is 0.379. The standard InChI is InChI=1S/C11H11BrFN3O2/c1-5-3-6(13)9(12)8(10(5)17-2)11-15-7(4-14)18-16-11/h3H,4,14H2,1-2H3. The van der Waals surface area contributed by atoms with Crippen LogP contribution in [0.25, 0.3) is 11.4 Å². The molecule has 1 aromatic heterocycles. The summed E-state index contributed by atoms with van der Waals surface area (Å²) in [5, 5.41) is 3.77. The molecule has 2 N–H and O–H groups in total. The van der Waals surface area contributed by atoms with Gasteiger partial charge in [-0.3, -0.25) is 0 Å². The lowest BCUT2D eigenvalue weighted by atomic mass is 10.1. The number of rotatable bonds is 3. The van der Waals surface area contributed by atoms with Crippen LogP contribution < -0.4 is 10.5 Å². The van der Waals surface area contributed by atoms with Gasteiger partial charge >= 0.3 is 0 Å². The van der Waals surface area contributed by atoms with Crippen LogP contribution in [0.3, 0.4) is 0 Å². The summed E-state index contributed by atoms with van der Waals surface area (Å²) in [6, 6.07) is 1.37. The topological polar surface area (TPSA) is 74.2 Å². The number of nitrogens with zero attached hydrogens (tertiary/aromatic N) is 2. The number of aromatic nitrogens is 2. The molecule has 0 fully saturated rings. The average Bonchev–Trinajstić information content (AvgIpc) is 2.81. The first-order valence-electron chi connectivity index (χ1n) is 5.14. The van der Waals surface area contributed by atoms with Crippen LogP contribution in [0.4, 0.5) is 4.39 Å². The summed E-state index contributed by atoms with van der Waals surface area (Å²) in [7, 11) is 1.50. The van der Waals surface area contributed by atoms with Crippen molar-refractivity contribution in [2.75, 3.05) is 7.11 Å². The largest absolute Gasteiger partial charge is 0.496 e. The zero-order valence-electron chi connectivity index (χ0n) is 9.83. The molecule has 0 aliphatic heterocycles. The highest BCUT2D eigenvalue weighted by Gasteiger charge is 2.21. The smallest absolute Gasteiger partial charge is 0.240 e. The van der Waals surface area contributed by atoms with Crippen LogP contribution >= 0.6 is 15.9 Å². The molecule has 0 unspecified atom stereocenters. The Morgan fingerprint density at radius 2 is 2.28 bits per heavy atom. The van der Waals surface area contributed by atoms with Crippen molar-refractivity contribution in [1.29, 1.82) is 0 Å². The Hall–Kier alpha value is -1.47. The van der Waals surface area contributed by atoms with Gasteiger partial charge in [-0.1, -0.05) is 5.16 Å². The van der Waals surface area contributed by atoms with Crippen LogP contribution in [0.5, 0.6) is 5.75 Å². The van der Waals surface area contributed by atoms with Crippen LogP contribution in [0.1, 0.15) is 11.5 Å². The second-order valence-electron chi connectivity index (χ2n) is 3.61. The fourth-order valence-corrected chi connectivity index (χ4v) is 2.11. The highest BCUT2D eigenvalue weighted by molar-refractivity contribution is 9.10. The molecular weight excluding hydrogens is 305 g/mol. The van der Waals surface area contributed by atoms with Gasteiger partial charge in [0.15, 0.2) is 0 Å². The van der Waals surface area contributed by atoms with E-state index in [2.05, 4.69) is 26.1 Å². The summed E-state index contributed by atoms with van der Waals surface area (Å²) in [5.74, 6) is 0.595. The molecule has 96 valence electrons. The zero-order chi connectivity index (χ0) is 13.3. The van der Waals surface area contributed by atoms with Gasteiger partial charge < -0.3 is 15.0 Å². The molecule has 7 heteroatoms. The second kappa shape index (κ2) is 5.03. The third kappa shape index (κ3) is 2.11. The summed E-state index contributed by atoms with van der Waals surface area (Å²) < 4.78 is 24.1. The molecule has 0 saturated carbocycles. The van der Waals surface area contributed by atoms with Gasteiger partial charge in [-0.2, -0.15) is 4.98 Å². The molecule has 0 aliphatic rings. The van der Waals surface area contributed by atoms with Crippen molar-refractivity contribution >= 4 is 15.9 Å². The van der Waals surface area contributed by atoms with Crippen LogP contribution in [-0.4, -0.2) is 17.3 Å². The first-order chi connectivity index (χ1) is 8.58. The molecule has 0 radical (unpaired) electrons. The van der Waals surface area contributed by atoms with Gasteiger partial charge in [-0.15, -0.1) is 0 Å². The molecule has 0 atom stereocenters. The fourth-order valence-electron chi connectivity index (χ4n) is 1.64. The Morgan fingerprint density at radius 1 is 1.56 bits per heavy atom. The van der Waals surface area contributed by atoms with Crippen molar-refractivity contribution in [2.45, 2.75) is 13.5 Å². The monoisotopic (exact) mass is 315 g/mol. The minimum Gasteiger partial charge on any atom is -0.496 e. The van der Waals surface area contributed by atoms with E-state index in [0.717, 1.165) is 0 Å². The number of aryl methyl sites for hydroxylation is 1. The Balaban J connectivity index is 2.68. The quantitative estimate of drug-likeness (QED) is 0.941. The van der Waals surface area contributed by atoms with Crippen molar-refractivity contribution in [3.8, 4) is 17.1 Å². The van der Waals surface area contributed by atoms with Crippen LogP contribution in [0.2, 0.25) is 0 Å². The number of hydrogen-bond acceptors (Lipinski definition) is 5. The highest BCUT2D eigenvalue weighted by atomic mass is 79.9. The SMILES string of the molecule is COc1c(C)cc(F)c(Br)c1-c1noc(CN)n1. The molecule has 0 aliphatic carbocycles. The molecule has 2 aromatic rings. The van der Waals surface area contributed by atoms with Crippen LogP contribution in [0, 0.1) is 12.7 Å². The van der Waals surface area contributed by atoms with E-state index in [1.54, 1.807) is 6.92 Å². The summed E-state index contributed by atoms with van der Waals surface area (Å²) in [4.78, 5) is 4.07. The molecule has 0 spiro atoms. The Kier molecular flexibility index (Phi) is 3.63. The van der Waals surface area contributed by atoms with E-state index < -0.39 is 5.82 Å². The van der Waals surface area contributed by atoms with Crippen molar-refractivity contribution in [3.05, 3.63) is 27.8 Å². The molecule has 2 rings (SSSR count). The number of benzene rings is 1. The number of hydrogen-bond donors (Lipinski definition) is 1. The van der Waals surface area contributed by atoms with Crippen molar-refractivity contribution < 1.29 is 13.7 Å². The molecular formula is C11H11BrFN3O2. The minimum absolute atomic E-state index is 0.126. The first kappa shape index (κ1) is 13.0. The molecule has 1 aromatic carbocycles. The van der Waals surface area contributed by atoms with Gasteiger partial charge in [0.2, 0.25) is 11.7 Å². The maximum absolute atomic E-state index is 13.7. The van der Waals surface area contributed by atoms with E-state index in [-0.39, 0.29) is 22.7 Å². The normalized spacial score (nSPS) is 10.7.